The molecule has 0 saturated carbocycles. The van der Waals surface area contributed by atoms with Gasteiger partial charge >= 0.3 is 0 Å². The highest BCUT2D eigenvalue weighted by Crippen LogP contribution is 2.30. The van der Waals surface area contributed by atoms with Gasteiger partial charge in [-0.1, -0.05) is 18.2 Å². The summed E-state index contributed by atoms with van der Waals surface area (Å²) in [5, 5.41) is 0. The maximum absolute atomic E-state index is 11.3. The molecule has 1 aromatic carbocycles. The minimum absolute atomic E-state index is 0.0768. The number of benzene rings is 1. The quantitative estimate of drug-likeness (QED) is 0.622. The molecule has 14 heavy (non-hydrogen) atoms. The van der Waals surface area contributed by atoms with Gasteiger partial charge in [-0.3, -0.25) is 4.79 Å². The first-order valence-electron chi connectivity index (χ1n) is 4.57. The zero-order valence-electron chi connectivity index (χ0n) is 7.93. The number of hydrogen-bond donors (Lipinski definition) is 0. The van der Waals surface area contributed by atoms with Crippen molar-refractivity contribution in [2.24, 2.45) is 0 Å². The van der Waals surface area contributed by atoms with Crippen LogP contribution in [0.5, 0.6) is 0 Å². The largest absolute Gasteiger partial charge is 0.302 e. The Morgan fingerprint density at radius 3 is 2.86 bits per heavy atom. The number of carbonyl (C=O) groups is 2. The maximum Gasteiger partial charge on any atom is 0.224 e. The predicted molar refractivity (Wildman–Crippen MR) is 53.2 cm³/mol. The van der Waals surface area contributed by atoms with Crippen molar-refractivity contribution in [3.63, 3.8) is 0 Å². The van der Waals surface area contributed by atoms with Crippen LogP contribution in [0.4, 0.5) is 5.69 Å². The molecule has 1 heterocycles. The van der Waals surface area contributed by atoms with Gasteiger partial charge in [0, 0.05) is 19.0 Å². The second-order valence-corrected chi connectivity index (χ2v) is 3.43. The Kier molecular flexibility index (Phi) is 2.08. The lowest BCUT2D eigenvalue weighted by molar-refractivity contribution is -0.119. The molecule has 0 aromatic heterocycles. The molecule has 72 valence electrons. The third-order valence-corrected chi connectivity index (χ3v) is 2.51. The van der Waals surface area contributed by atoms with Crippen LogP contribution in [0.3, 0.4) is 0 Å². The van der Waals surface area contributed by atoms with Gasteiger partial charge in [0.2, 0.25) is 5.91 Å². The fraction of sp³-hybridized carbons (Fsp3) is 0.273. The highest BCUT2D eigenvalue weighted by Gasteiger charge is 2.30. The number of rotatable bonds is 1. The van der Waals surface area contributed by atoms with E-state index in [0.29, 0.717) is 6.42 Å². The summed E-state index contributed by atoms with van der Waals surface area (Å²) in [5.74, 6) is -0.0768. The smallest absolute Gasteiger partial charge is 0.224 e. The second kappa shape index (κ2) is 3.25. The molecule has 0 bridgehead atoms. The lowest BCUT2D eigenvalue weighted by Gasteiger charge is -2.19. The van der Waals surface area contributed by atoms with Crippen molar-refractivity contribution in [3.05, 3.63) is 29.8 Å². The molecule has 1 aliphatic heterocycles. The summed E-state index contributed by atoms with van der Waals surface area (Å²) in [7, 11) is 0. The van der Waals surface area contributed by atoms with E-state index in [4.69, 9.17) is 0 Å². The summed E-state index contributed by atoms with van der Waals surface area (Å²) >= 11 is 0. The Morgan fingerprint density at radius 1 is 1.50 bits per heavy atom. The first kappa shape index (κ1) is 8.94. The third-order valence-electron chi connectivity index (χ3n) is 2.51. The lowest BCUT2D eigenvalue weighted by Crippen LogP contribution is -2.36. The lowest BCUT2D eigenvalue weighted by atomic mass is 10.1. The number of hydrogen-bond acceptors (Lipinski definition) is 2. The van der Waals surface area contributed by atoms with Gasteiger partial charge in [0.15, 0.2) is 0 Å². The molecule has 0 spiro atoms. The van der Waals surface area contributed by atoms with E-state index < -0.39 is 0 Å². The monoisotopic (exact) mass is 189 g/mol. The SMILES string of the molecule is CC(=O)N1c2ccccc2CC1C=O. The van der Waals surface area contributed by atoms with Gasteiger partial charge in [0.1, 0.15) is 6.29 Å². The maximum atomic E-state index is 11.3. The van der Waals surface area contributed by atoms with Crippen LogP contribution in [0.15, 0.2) is 24.3 Å². The second-order valence-electron chi connectivity index (χ2n) is 3.43. The number of carbonyl (C=O) groups excluding carboxylic acids is 2. The molecule has 0 aliphatic carbocycles. The Labute approximate surface area is 82.3 Å². The van der Waals surface area contributed by atoms with Crippen LogP contribution in [0.1, 0.15) is 12.5 Å². The van der Waals surface area contributed by atoms with Crippen LogP contribution in [0.25, 0.3) is 0 Å². The van der Waals surface area contributed by atoms with Crippen molar-refractivity contribution in [3.8, 4) is 0 Å². The molecule has 1 aromatic rings. The number of fused-ring (bicyclic) bond motifs is 1. The van der Waals surface area contributed by atoms with Gasteiger partial charge < -0.3 is 9.69 Å². The van der Waals surface area contributed by atoms with E-state index in [9.17, 15) is 9.59 Å². The average Bonchev–Trinajstić information content (AvgIpc) is 2.55. The highest BCUT2D eigenvalue weighted by atomic mass is 16.2. The molecule has 0 N–H and O–H groups in total. The van der Waals surface area contributed by atoms with E-state index in [1.54, 1.807) is 4.90 Å². The Balaban J connectivity index is 2.47. The van der Waals surface area contributed by atoms with E-state index in [1.807, 2.05) is 24.3 Å². The summed E-state index contributed by atoms with van der Waals surface area (Å²) in [6.45, 7) is 1.48. The minimum Gasteiger partial charge on any atom is -0.302 e. The molecule has 1 aliphatic rings. The summed E-state index contributed by atoms with van der Waals surface area (Å²) < 4.78 is 0. The molecule has 1 unspecified atom stereocenters. The average molecular weight is 189 g/mol. The van der Waals surface area contributed by atoms with E-state index >= 15 is 0 Å². The van der Waals surface area contributed by atoms with Gasteiger partial charge in [-0.05, 0) is 11.6 Å². The molecular formula is C11H11NO2. The molecule has 0 fully saturated rings. The molecule has 0 radical (unpaired) electrons. The highest BCUT2D eigenvalue weighted by molar-refractivity contribution is 5.98. The number of amides is 1. The first-order chi connectivity index (χ1) is 6.74. The van der Waals surface area contributed by atoms with Gasteiger partial charge in [-0.2, -0.15) is 0 Å². The normalized spacial score (nSPS) is 19.2. The van der Waals surface area contributed by atoms with Crippen molar-refractivity contribution < 1.29 is 9.59 Å². The van der Waals surface area contributed by atoms with Crippen LogP contribution in [-0.2, 0) is 16.0 Å². The molecule has 0 saturated heterocycles. The number of aldehydes is 1. The summed E-state index contributed by atoms with van der Waals surface area (Å²) in [5.41, 5.74) is 1.94. The van der Waals surface area contributed by atoms with Gasteiger partial charge in [-0.25, -0.2) is 0 Å². The van der Waals surface area contributed by atoms with Crippen molar-refractivity contribution in [1.82, 2.24) is 0 Å². The predicted octanol–water partition coefficient (Wildman–Crippen LogP) is 1.16. The van der Waals surface area contributed by atoms with Crippen LogP contribution < -0.4 is 4.90 Å². The van der Waals surface area contributed by atoms with E-state index in [2.05, 4.69) is 0 Å². The number of para-hydroxylation sites is 1. The topological polar surface area (TPSA) is 37.4 Å². The Hall–Kier alpha value is -1.64. The van der Waals surface area contributed by atoms with Crippen molar-refractivity contribution in [1.29, 1.82) is 0 Å². The Morgan fingerprint density at radius 2 is 2.21 bits per heavy atom. The third kappa shape index (κ3) is 1.21. The number of anilines is 1. The molecule has 1 amide bonds. The van der Waals surface area contributed by atoms with E-state index in [-0.39, 0.29) is 11.9 Å². The zero-order chi connectivity index (χ0) is 10.1. The fourth-order valence-corrected chi connectivity index (χ4v) is 1.93. The summed E-state index contributed by atoms with van der Waals surface area (Å²) in [4.78, 5) is 23.7. The standard InChI is InChI=1S/C11H11NO2/c1-8(14)12-10(7-13)6-9-4-2-3-5-11(9)12/h2-5,7,10H,6H2,1H3. The van der Waals surface area contributed by atoms with Crippen molar-refractivity contribution >= 4 is 17.9 Å². The van der Waals surface area contributed by atoms with Crippen LogP contribution >= 0.6 is 0 Å². The molecule has 1 atom stereocenters. The molecule has 3 heteroatoms. The summed E-state index contributed by atoms with van der Waals surface area (Å²) in [6, 6.07) is 7.31. The van der Waals surface area contributed by atoms with Crippen molar-refractivity contribution in [2.45, 2.75) is 19.4 Å². The minimum atomic E-state index is -0.315. The van der Waals surface area contributed by atoms with Gasteiger partial charge in [0.25, 0.3) is 0 Å². The van der Waals surface area contributed by atoms with Crippen LogP contribution in [0.2, 0.25) is 0 Å². The van der Waals surface area contributed by atoms with E-state index in [0.717, 1.165) is 17.5 Å². The van der Waals surface area contributed by atoms with Crippen LogP contribution in [-0.4, -0.2) is 18.2 Å². The first-order valence-corrected chi connectivity index (χ1v) is 4.57. The fourth-order valence-electron chi connectivity index (χ4n) is 1.93. The summed E-state index contributed by atoms with van der Waals surface area (Å²) in [6.07, 6.45) is 1.47. The Bertz CT molecular complexity index is 387. The molecular weight excluding hydrogens is 178 g/mol. The van der Waals surface area contributed by atoms with E-state index in [1.165, 1.54) is 6.92 Å². The molecule has 3 nitrogen and oxygen atoms in total. The van der Waals surface area contributed by atoms with Gasteiger partial charge in [0.05, 0.1) is 6.04 Å². The number of nitrogens with zero attached hydrogens (tertiary/aromatic N) is 1. The van der Waals surface area contributed by atoms with Crippen molar-refractivity contribution in [2.75, 3.05) is 4.90 Å². The molecule has 2 rings (SSSR count). The zero-order valence-corrected chi connectivity index (χ0v) is 7.93. The van der Waals surface area contributed by atoms with Crippen LogP contribution in [0, 0.1) is 0 Å². The van der Waals surface area contributed by atoms with Gasteiger partial charge in [-0.15, -0.1) is 0 Å².